The Morgan fingerprint density at radius 2 is 1.33 bits per heavy atom. The van der Waals surface area contributed by atoms with Crippen molar-refractivity contribution in [3.8, 4) is 11.1 Å². The zero-order valence-electron chi connectivity index (χ0n) is 18.7. The van der Waals surface area contributed by atoms with Crippen molar-refractivity contribution in [3.63, 3.8) is 0 Å². The van der Waals surface area contributed by atoms with E-state index in [2.05, 4.69) is 0 Å². The molecule has 1 aliphatic carbocycles. The summed E-state index contributed by atoms with van der Waals surface area (Å²) in [6, 6.07) is 12.0. The van der Waals surface area contributed by atoms with Crippen LogP contribution in [0.1, 0.15) is 50.2 Å². The average Bonchev–Trinajstić information content (AvgIpc) is 2.81. The van der Waals surface area contributed by atoms with E-state index in [9.17, 15) is 26.3 Å². The zero-order valence-corrected chi connectivity index (χ0v) is 18.7. The van der Waals surface area contributed by atoms with Crippen LogP contribution < -0.4 is 0 Å². The maximum atomic E-state index is 13.8. The Labute approximate surface area is 191 Å². The standard InChI is InChI=1S/C26H30F6O/c1-2-33-17-20-7-5-18(6-8-20)3-4-19-9-11-21(12-10-19)22-13-15-23(16-14-22)25(28,29)24(27)26(30,31)32/h9-16,18,20,24H,2-8,17H2,1H3. The van der Waals surface area contributed by atoms with E-state index >= 15 is 0 Å². The van der Waals surface area contributed by atoms with Gasteiger partial charge in [-0.05, 0) is 61.1 Å². The smallest absolute Gasteiger partial charge is 0.381 e. The molecule has 0 bridgehead atoms. The van der Waals surface area contributed by atoms with Crippen molar-refractivity contribution in [2.75, 3.05) is 13.2 Å². The molecule has 1 saturated carbocycles. The minimum atomic E-state index is -5.62. The Morgan fingerprint density at radius 3 is 1.85 bits per heavy atom. The third kappa shape index (κ3) is 6.75. The van der Waals surface area contributed by atoms with Gasteiger partial charge in [-0.15, -0.1) is 0 Å². The Kier molecular flexibility index (Phi) is 8.48. The maximum absolute atomic E-state index is 13.8. The van der Waals surface area contributed by atoms with Crippen LogP contribution in [-0.4, -0.2) is 25.6 Å². The van der Waals surface area contributed by atoms with E-state index in [0.717, 1.165) is 43.8 Å². The van der Waals surface area contributed by atoms with E-state index < -0.39 is 23.8 Å². The van der Waals surface area contributed by atoms with Gasteiger partial charge in [0.25, 0.3) is 6.17 Å². The Hall–Kier alpha value is -2.02. The monoisotopic (exact) mass is 472 g/mol. The third-order valence-corrected chi connectivity index (χ3v) is 6.53. The van der Waals surface area contributed by atoms with Crippen molar-refractivity contribution in [3.05, 3.63) is 59.7 Å². The largest absolute Gasteiger partial charge is 0.426 e. The molecule has 0 amide bonds. The van der Waals surface area contributed by atoms with Crippen molar-refractivity contribution >= 4 is 0 Å². The van der Waals surface area contributed by atoms with E-state index in [-0.39, 0.29) is 0 Å². The van der Waals surface area contributed by atoms with Gasteiger partial charge >= 0.3 is 12.1 Å². The van der Waals surface area contributed by atoms with Crippen LogP contribution in [0.15, 0.2) is 48.5 Å². The minimum Gasteiger partial charge on any atom is -0.381 e. The van der Waals surface area contributed by atoms with Crippen molar-refractivity contribution in [2.24, 2.45) is 11.8 Å². The van der Waals surface area contributed by atoms with Gasteiger partial charge in [0.15, 0.2) is 0 Å². The van der Waals surface area contributed by atoms with Crippen LogP contribution in [0.3, 0.4) is 0 Å². The molecule has 1 aliphatic rings. The molecular weight excluding hydrogens is 442 g/mol. The summed E-state index contributed by atoms with van der Waals surface area (Å²) in [5.41, 5.74) is 1.53. The lowest BCUT2D eigenvalue weighted by Gasteiger charge is -2.28. The van der Waals surface area contributed by atoms with Gasteiger partial charge in [-0.3, -0.25) is 0 Å². The van der Waals surface area contributed by atoms with Crippen molar-refractivity contribution < 1.29 is 31.1 Å². The molecule has 3 rings (SSSR count). The first-order valence-corrected chi connectivity index (χ1v) is 11.5. The van der Waals surface area contributed by atoms with Gasteiger partial charge in [-0.2, -0.15) is 22.0 Å². The molecule has 1 fully saturated rings. The van der Waals surface area contributed by atoms with Crippen molar-refractivity contribution in [1.82, 2.24) is 0 Å². The maximum Gasteiger partial charge on any atom is 0.426 e. The number of ether oxygens (including phenoxy) is 1. The van der Waals surface area contributed by atoms with E-state index in [1.165, 1.54) is 43.4 Å². The predicted octanol–water partition coefficient (Wildman–Crippen LogP) is 8.12. The highest BCUT2D eigenvalue weighted by atomic mass is 19.4. The highest BCUT2D eigenvalue weighted by Crippen LogP contribution is 2.42. The van der Waals surface area contributed by atoms with Gasteiger partial charge in [0.05, 0.1) is 0 Å². The summed E-state index contributed by atoms with van der Waals surface area (Å²) in [4.78, 5) is 0. The summed E-state index contributed by atoms with van der Waals surface area (Å²) < 4.78 is 83.6. The van der Waals surface area contributed by atoms with Crippen LogP contribution in [-0.2, 0) is 17.1 Å². The summed E-state index contributed by atoms with van der Waals surface area (Å²) in [5, 5.41) is 0. The fraction of sp³-hybridized carbons (Fsp3) is 0.538. The number of alkyl halides is 6. The van der Waals surface area contributed by atoms with Crippen LogP contribution in [0.2, 0.25) is 0 Å². The fourth-order valence-corrected chi connectivity index (χ4v) is 4.44. The van der Waals surface area contributed by atoms with Gasteiger partial charge in [0, 0.05) is 18.8 Å². The van der Waals surface area contributed by atoms with Crippen LogP contribution in [0.5, 0.6) is 0 Å². The third-order valence-electron chi connectivity index (χ3n) is 6.53. The van der Waals surface area contributed by atoms with Crippen LogP contribution in [0.4, 0.5) is 26.3 Å². The highest BCUT2D eigenvalue weighted by molar-refractivity contribution is 5.64. The molecule has 0 aliphatic heterocycles. The van der Waals surface area contributed by atoms with E-state index in [4.69, 9.17) is 4.74 Å². The number of hydrogen-bond acceptors (Lipinski definition) is 1. The molecule has 7 heteroatoms. The fourth-order valence-electron chi connectivity index (χ4n) is 4.44. The van der Waals surface area contributed by atoms with Crippen molar-refractivity contribution in [1.29, 1.82) is 0 Å². The molecular formula is C26H30F6O. The predicted molar refractivity (Wildman–Crippen MR) is 117 cm³/mol. The van der Waals surface area contributed by atoms with Gasteiger partial charge < -0.3 is 4.74 Å². The van der Waals surface area contributed by atoms with E-state index in [0.29, 0.717) is 17.4 Å². The number of benzene rings is 2. The molecule has 1 atom stereocenters. The summed E-state index contributed by atoms with van der Waals surface area (Å²) >= 11 is 0. The molecule has 0 heterocycles. The lowest BCUT2D eigenvalue weighted by molar-refractivity contribution is -0.248. The molecule has 182 valence electrons. The first-order valence-electron chi connectivity index (χ1n) is 11.5. The summed E-state index contributed by atoms with van der Waals surface area (Å²) in [6.07, 6.45) is -2.91. The van der Waals surface area contributed by atoms with Gasteiger partial charge in [0.1, 0.15) is 0 Å². The Morgan fingerprint density at radius 1 is 0.818 bits per heavy atom. The summed E-state index contributed by atoms with van der Waals surface area (Å²) in [7, 11) is 0. The van der Waals surface area contributed by atoms with E-state index in [1.54, 1.807) is 0 Å². The molecule has 0 radical (unpaired) electrons. The molecule has 1 unspecified atom stereocenters. The second kappa shape index (κ2) is 10.9. The Bertz CT molecular complexity index is 852. The van der Waals surface area contributed by atoms with Gasteiger partial charge in [-0.1, -0.05) is 61.4 Å². The lowest BCUT2D eigenvalue weighted by atomic mass is 9.80. The number of aryl methyl sites for hydroxylation is 1. The van der Waals surface area contributed by atoms with Gasteiger partial charge in [-0.25, -0.2) is 4.39 Å². The molecule has 2 aromatic rings. The summed E-state index contributed by atoms with van der Waals surface area (Å²) in [5.74, 6) is -3.24. The first-order chi connectivity index (χ1) is 15.6. The molecule has 0 saturated heterocycles. The number of hydrogen-bond donors (Lipinski definition) is 0. The quantitative estimate of drug-likeness (QED) is 0.335. The molecule has 1 nitrogen and oxygen atoms in total. The molecule has 0 aromatic heterocycles. The SMILES string of the molecule is CCOCC1CCC(CCc2ccc(-c3ccc(C(F)(F)C(F)C(F)(F)F)cc3)cc2)CC1. The zero-order chi connectivity index (χ0) is 24.1. The highest BCUT2D eigenvalue weighted by Gasteiger charge is 2.57. The van der Waals surface area contributed by atoms with Crippen LogP contribution in [0, 0.1) is 11.8 Å². The van der Waals surface area contributed by atoms with Crippen LogP contribution in [0.25, 0.3) is 11.1 Å². The molecule has 0 spiro atoms. The topological polar surface area (TPSA) is 9.23 Å². The normalized spacial score (nSPS) is 20.6. The number of rotatable bonds is 9. The Balaban J connectivity index is 1.54. The average molecular weight is 473 g/mol. The second-order valence-electron chi connectivity index (χ2n) is 8.89. The minimum absolute atomic E-state index is 0.580. The van der Waals surface area contributed by atoms with E-state index in [1.807, 2.05) is 31.2 Å². The molecule has 2 aromatic carbocycles. The van der Waals surface area contributed by atoms with Gasteiger partial charge in [0.2, 0.25) is 0 Å². The number of halogens is 6. The lowest BCUT2D eigenvalue weighted by Crippen LogP contribution is -2.39. The molecule has 33 heavy (non-hydrogen) atoms. The first kappa shape index (κ1) is 25.6. The van der Waals surface area contributed by atoms with Crippen molar-refractivity contribution in [2.45, 2.75) is 63.7 Å². The second-order valence-corrected chi connectivity index (χ2v) is 8.89. The molecule has 0 N–H and O–H groups in total. The van der Waals surface area contributed by atoms with Crippen LogP contribution >= 0.6 is 0 Å². The summed E-state index contributed by atoms with van der Waals surface area (Å²) in [6.45, 7) is 3.65.